The molecule has 0 saturated heterocycles. The fourth-order valence-corrected chi connectivity index (χ4v) is 12.2. The lowest BCUT2D eigenvalue weighted by molar-refractivity contribution is -0.141. The first kappa shape index (κ1) is 88.9. The number of benzene rings is 3. The molecule has 6 N–H and O–H groups in total. The largest absolute Gasteiger partial charge is 0.496 e. The molecule has 1 aliphatic rings. The molecule has 109 heavy (non-hydrogen) atoms. The number of rotatable bonds is 38. The van der Waals surface area contributed by atoms with E-state index in [1.165, 1.54) is 21.3 Å². The number of nitrogens with zero attached hydrogens (tertiary/aromatic N) is 6. The zero-order chi connectivity index (χ0) is 80.8. The van der Waals surface area contributed by atoms with E-state index in [0.29, 0.717) is 82.8 Å². The van der Waals surface area contributed by atoms with Crippen LogP contribution in [0.2, 0.25) is 0 Å². The zero-order valence-electron chi connectivity index (χ0n) is 67.0. The number of methoxy groups -OCH3 is 9. The molecule has 6 aromatic rings. The van der Waals surface area contributed by atoms with Gasteiger partial charge in [0.25, 0.3) is 17.7 Å². The van der Waals surface area contributed by atoms with Crippen molar-refractivity contribution in [2.24, 2.45) is 23.2 Å². The number of esters is 3. The first-order valence-corrected chi connectivity index (χ1v) is 36.7. The summed E-state index contributed by atoms with van der Waals surface area (Å²) >= 11 is 0. The highest BCUT2D eigenvalue weighted by atomic mass is 16.5. The number of carbonyl (C=O) groups excluding carboxylic acids is 9. The highest BCUT2D eigenvalue weighted by molar-refractivity contribution is 5.97. The Morgan fingerprint density at radius 1 is 0.440 bits per heavy atom. The van der Waals surface area contributed by atoms with E-state index in [-0.39, 0.29) is 121 Å². The third-order valence-electron chi connectivity index (χ3n) is 17.3. The maximum absolute atomic E-state index is 13.4. The predicted octanol–water partition coefficient (Wildman–Crippen LogP) is 9.92. The Morgan fingerprint density at radius 2 is 0.743 bits per heavy atom. The first-order valence-electron chi connectivity index (χ1n) is 36.7. The third-order valence-corrected chi connectivity index (χ3v) is 17.3. The molecule has 0 spiro atoms. The van der Waals surface area contributed by atoms with Crippen LogP contribution in [0, 0.1) is 23.2 Å². The molecule has 1 saturated carbocycles. The van der Waals surface area contributed by atoms with Gasteiger partial charge in [0.05, 0.1) is 110 Å². The Morgan fingerprint density at radius 3 is 1.05 bits per heavy atom. The molecule has 7 rings (SSSR count). The van der Waals surface area contributed by atoms with Gasteiger partial charge in [-0.05, 0) is 123 Å². The maximum Gasteiger partial charge on any atom is 0.325 e. The number of carbonyl (C=O) groups is 9. The number of hydrogen-bond donors (Lipinski definition) is 6. The van der Waals surface area contributed by atoms with Crippen molar-refractivity contribution in [3.05, 3.63) is 89.9 Å². The van der Waals surface area contributed by atoms with Crippen LogP contribution in [0.25, 0.3) is 33.8 Å². The Kier molecular flexibility index (Phi) is 35.4. The van der Waals surface area contributed by atoms with Crippen LogP contribution in [-0.2, 0) is 49.5 Å². The van der Waals surface area contributed by atoms with E-state index >= 15 is 0 Å². The van der Waals surface area contributed by atoms with Gasteiger partial charge in [-0.3, -0.25) is 57.2 Å². The average molecular weight is 1520 g/mol. The van der Waals surface area contributed by atoms with Crippen LogP contribution in [0.15, 0.2) is 72.8 Å². The average Bonchev–Trinajstić information content (AvgIpc) is 1.65. The van der Waals surface area contributed by atoms with Gasteiger partial charge in [0.2, 0.25) is 17.7 Å². The maximum atomic E-state index is 13.4. The molecule has 1 fully saturated rings. The zero-order valence-corrected chi connectivity index (χ0v) is 67.0. The molecule has 6 amide bonds. The van der Waals surface area contributed by atoms with Gasteiger partial charge >= 0.3 is 17.9 Å². The molecular formula is C79H114N12O18. The molecule has 30 nitrogen and oxygen atoms in total. The molecule has 1 aliphatic carbocycles. The SMILES string of the molecule is CCC(CC)n1nc(C(=O)N[C@H](CC(=O)NCC(=O)OC)CC(C)C)cc1-c1c(OC)cccc1OC.COC(=O)CNC(=O)C[C@H](CC(C)C)NC(=O)c1cc(-c2c(OC)cccc2OC)n(C2CC2)n1.COC(=O)CNC(=O)C[C@H](CC(C)C)NC(=O)c1cc(-c2c(OC)cccc2OC)n(CC(C)(C)C)n1. The standard InChI is InChI=1S/2C27H40N4O6.C25H34N4O6/c1-17(2)12-18(13-23(32)28-15-24(33)37-8)29-26(34)19-14-20(31(30-19)16-27(3,4)5)25-21(35-6)10-9-11-22(25)36-7;1-8-19(9-2)31-21(26-22(35-5)11-10-12-23(26)36-6)15-20(30-31)27(34)29-18(13-17(3)4)14-24(32)28-16-25(33)37-7;1-15(2)11-16(12-22(30)26-14-23(31)35-5)27-25(32)18-13-19(29(28-18)17-9-10-17)24-20(33-3)7-6-8-21(24)34-4/h9-11,14,17-18H,12-13,15-16H2,1-8H3,(H,28,32)(H,29,34);10-12,15,17-19H,8-9,13-14,16H2,1-7H3,(H,28,32)(H,29,34);6-8,13,15-17H,9-12,14H2,1-5H3,(H,26,30)(H,27,32)/t2*18-;16-/m000/s1. The summed E-state index contributed by atoms with van der Waals surface area (Å²) in [6.07, 6.45) is 5.43. The van der Waals surface area contributed by atoms with Crippen molar-refractivity contribution in [1.82, 2.24) is 61.2 Å². The monoisotopic (exact) mass is 1520 g/mol. The normalized spacial score (nSPS) is 12.6. The summed E-state index contributed by atoms with van der Waals surface area (Å²) in [7, 11) is 13.3. The fourth-order valence-electron chi connectivity index (χ4n) is 12.2. The summed E-state index contributed by atoms with van der Waals surface area (Å²) in [6, 6.07) is 20.7. The minimum Gasteiger partial charge on any atom is -0.496 e. The van der Waals surface area contributed by atoms with Crippen molar-refractivity contribution >= 4 is 53.4 Å². The summed E-state index contributed by atoms with van der Waals surface area (Å²) in [5.74, 6) is 0.558. The Hall–Kier alpha value is -10.7. The molecule has 3 atom stereocenters. The van der Waals surface area contributed by atoms with E-state index in [4.69, 9.17) is 33.5 Å². The third kappa shape index (κ3) is 27.2. The van der Waals surface area contributed by atoms with Crippen LogP contribution in [0.3, 0.4) is 0 Å². The minimum atomic E-state index is -0.540. The molecule has 3 aromatic heterocycles. The fraction of sp³-hybridized carbons (Fsp3) is 0.544. The van der Waals surface area contributed by atoms with E-state index in [2.05, 4.69) is 90.9 Å². The van der Waals surface area contributed by atoms with Crippen LogP contribution in [0.1, 0.15) is 184 Å². The summed E-state index contributed by atoms with van der Waals surface area (Å²) in [5.41, 5.74) is 4.87. The van der Waals surface area contributed by atoms with Gasteiger partial charge in [-0.2, -0.15) is 15.3 Å². The van der Waals surface area contributed by atoms with Crippen molar-refractivity contribution < 1.29 is 85.8 Å². The van der Waals surface area contributed by atoms with Gasteiger partial charge in [-0.15, -0.1) is 0 Å². The molecule has 3 aromatic carbocycles. The topological polar surface area (TPSA) is 362 Å². The van der Waals surface area contributed by atoms with Crippen LogP contribution in [0.4, 0.5) is 0 Å². The number of aromatic nitrogens is 6. The quantitative estimate of drug-likeness (QED) is 0.0155. The molecule has 30 heteroatoms. The molecule has 0 radical (unpaired) electrons. The van der Waals surface area contributed by atoms with Crippen molar-refractivity contribution in [3.63, 3.8) is 0 Å². The number of nitrogens with one attached hydrogen (secondary N) is 6. The molecule has 0 aliphatic heterocycles. The first-order chi connectivity index (χ1) is 51.8. The predicted molar refractivity (Wildman–Crippen MR) is 411 cm³/mol. The molecule has 0 unspecified atom stereocenters. The summed E-state index contributed by atoms with van der Waals surface area (Å²) < 4.78 is 52.7. The summed E-state index contributed by atoms with van der Waals surface area (Å²) in [5, 5.41) is 30.4. The number of ether oxygens (including phenoxy) is 9. The Balaban J connectivity index is 0.000000293. The van der Waals surface area contributed by atoms with Crippen molar-refractivity contribution in [3.8, 4) is 68.3 Å². The van der Waals surface area contributed by atoms with Crippen LogP contribution < -0.4 is 60.3 Å². The van der Waals surface area contributed by atoms with Crippen molar-refractivity contribution in [2.75, 3.05) is 83.6 Å². The van der Waals surface area contributed by atoms with Gasteiger partial charge < -0.3 is 74.5 Å². The number of amides is 6. The van der Waals surface area contributed by atoms with Gasteiger partial charge in [-0.1, -0.05) is 94.4 Å². The second-order valence-electron chi connectivity index (χ2n) is 28.7. The number of hydrogen-bond acceptors (Lipinski definition) is 21. The Bertz CT molecular complexity index is 3950. The second kappa shape index (κ2) is 43.3. The smallest absolute Gasteiger partial charge is 0.325 e. The van der Waals surface area contributed by atoms with Gasteiger partial charge in [0.1, 0.15) is 54.1 Å². The molecule has 0 bridgehead atoms. The molecular weight excluding hydrogens is 1400 g/mol. The summed E-state index contributed by atoms with van der Waals surface area (Å²) in [4.78, 5) is 111. The van der Waals surface area contributed by atoms with Gasteiger partial charge in [0.15, 0.2) is 17.1 Å². The van der Waals surface area contributed by atoms with E-state index in [1.54, 1.807) is 65.5 Å². The summed E-state index contributed by atoms with van der Waals surface area (Å²) in [6.45, 7) is 22.4. The van der Waals surface area contributed by atoms with Crippen LogP contribution in [-0.4, -0.2) is 184 Å². The van der Waals surface area contributed by atoms with Crippen LogP contribution in [0.5, 0.6) is 34.5 Å². The van der Waals surface area contributed by atoms with Gasteiger partial charge in [-0.25, -0.2) is 0 Å². The second-order valence-corrected chi connectivity index (χ2v) is 28.7. The van der Waals surface area contributed by atoms with E-state index in [1.807, 2.05) is 106 Å². The van der Waals surface area contributed by atoms with Gasteiger partial charge in [0, 0.05) is 43.9 Å². The Labute approximate surface area is 639 Å². The molecule has 598 valence electrons. The van der Waals surface area contributed by atoms with E-state index in [9.17, 15) is 43.2 Å². The minimum absolute atomic E-state index is 0.0246. The lowest BCUT2D eigenvalue weighted by atomic mass is 9.96. The highest BCUT2D eigenvalue weighted by Gasteiger charge is 2.34. The highest BCUT2D eigenvalue weighted by Crippen LogP contribution is 2.45. The van der Waals surface area contributed by atoms with Crippen LogP contribution >= 0.6 is 0 Å². The van der Waals surface area contributed by atoms with Crippen molar-refractivity contribution in [2.45, 2.75) is 177 Å². The lowest BCUT2D eigenvalue weighted by Gasteiger charge is -2.21. The van der Waals surface area contributed by atoms with E-state index < -0.39 is 41.9 Å². The van der Waals surface area contributed by atoms with E-state index in [0.717, 1.165) is 36.9 Å². The molecule has 3 heterocycles. The lowest BCUT2D eigenvalue weighted by Crippen LogP contribution is -2.41. The van der Waals surface area contributed by atoms with Crippen molar-refractivity contribution in [1.29, 1.82) is 0 Å².